The first-order valence-corrected chi connectivity index (χ1v) is 9.56. The van der Waals surface area contributed by atoms with Gasteiger partial charge in [0.05, 0.1) is 28.4 Å². The molecule has 116 valence electrons. The molecule has 0 saturated carbocycles. The van der Waals surface area contributed by atoms with Gasteiger partial charge in [-0.05, 0) is 37.1 Å². The van der Waals surface area contributed by atoms with Crippen molar-refractivity contribution in [1.82, 2.24) is 0 Å². The van der Waals surface area contributed by atoms with Crippen molar-refractivity contribution in [2.75, 3.05) is 31.0 Å². The number of hydrogen-bond donors (Lipinski definition) is 1. The maximum absolute atomic E-state index is 13.0. The molecule has 2 heterocycles. The Kier molecular flexibility index (Phi) is 4.47. The molecule has 2 saturated heterocycles. The zero-order valence-electron chi connectivity index (χ0n) is 12.2. The molecule has 3 rings (SSSR count). The van der Waals surface area contributed by atoms with Crippen LogP contribution in [-0.4, -0.2) is 40.3 Å². The summed E-state index contributed by atoms with van der Waals surface area (Å²) in [5.74, 6) is 2.79. The van der Waals surface area contributed by atoms with Gasteiger partial charge in [-0.15, -0.1) is 0 Å². The summed E-state index contributed by atoms with van der Waals surface area (Å²) in [5, 5.41) is 0.134. The lowest BCUT2D eigenvalue weighted by molar-refractivity contribution is -0.0567. The SMILES string of the molecule is COc1cc(N)ccc1S(=O)C1CCOC2(CCSC2)C1. The van der Waals surface area contributed by atoms with E-state index in [-0.39, 0.29) is 10.9 Å². The maximum Gasteiger partial charge on any atom is 0.137 e. The van der Waals surface area contributed by atoms with E-state index in [1.165, 1.54) is 0 Å². The number of benzene rings is 1. The van der Waals surface area contributed by atoms with Crippen LogP contribution in [0.15, 0.2) is 23.1 Å². The van der Waals surface area contributed by atoms with Crippen LogP contribution in [-0.2, 0) is 15.5 Å². The Morgan fingerprint density at radius 3 is 3.10 bits per heavy atom. The third-order valence-corrected chi connectivity index (χ3v) is 7.22. The molecule has 1 spiro atoms. The Balaban J connectivity index is 1.81. The Bertz CT molecular complexity index is 544. The fraction of sp³-hybridized carbons (Fsp3) is 0.600. The van der Waals surface area contributed by atoms with Crippen LogP contribution in [0.25, 0.3) is 0 Å². The Hall–Kier alpha value is -0.720. The van der Waals surface area contributed by atoms with Gasteiger partial charge in [-0.1, -0.05) is 0 Å². The predicted molar refractivity (Wildman–Crippen MR) is 87.5 cm³/mol. The lowest BCUT2D eigenvalue weighted by atomic mass is 9.93. The average molecular weight is 327 g/mol. The van der Waals surface area contributed by atoms with Crippen LogP contribution in [0.2, 0.25) is 0 Å². The second-order valence-electron chi connectivity index (χ2n) is 5.66. The van der Waals surface area contributed by atoms with Crippen LogP contribution < -0.4 is 10.5 Å². The number of nitrogens with two attached hydrogens (primary N) is 1. The van der Waals surface area contributed by atoms with Crippen molar-refractivity contribution in [2.24, 2.45) is 0 Å². The number of anilines is 1. The van der Waals surface area contributed by atoms with Crippen LogP contribution in [0.4, 0.5) is 5.69 Å². The molecule has 2 aliphatic heterocycles. The van der Waals surface area contributed by atoms with Crippen molar-refractivity contribution < 1.29 is 13.7 Å². The number of methoxy groups -OCH3 is 1. The van der Waals surface area contributed by atoms with E-state index in [1.807, 2.05) is 17.8 Å². The fourth-order valence-electron chi connectivity index (χ4n) is 3.06. The highest BCUT2D eigenvalue weighted by atomic mass is 32.2. The molecule has 3 atom stereocenters. The number of thioether (sulfide) groups is 1. The minimum Gasteiger partial charge on any atom is -0.495 e. The average Bonchev–Trinajstić information content (AvgIpc) is 2.94. The topological polar surface area (TPSA) is 61.5 Å². The van der Waals surface area contributed by atoms with Gasteiger partial charge in [0.1, 0.15) is 5.75 Å². The van der Waals surface area contributed by atoms with E-state index in [2.05, 4.69) is 0 Å². The molecule has 0 radical (unpaired) electrons. The third kappa shape index (κ3) is 3.07. The van der Waals surface area contributed by atoms with E-state index in [9.17, 15) is 4.21 Å². The van der Waals surface area contributed by atoms with E-state index >= 15 is 0 Å². The summed E-state index contributed by atoms with van der Waals surface area (Å²) in [6, 6.07) is 5.36. The maximum atomic E-state index is 13.0. The molecule has 0 aromatic heterocycles. The molecular formula is C15H21NO3S2. The number of hydrogen-bond acceptors (Lipinski definition) is 5. The van der Waals surface area contributed by atoms with E-state index in [0.29, 0.717) is 18.0 Å². The molecule has 0 amide bonds. The van der Waals surface area contributed by atoms with Gasteiger partial charge in [-0.25, -0.2) is 0 Å². The third-order valence-electron chi connectivity index (χ3n) is 4.22. The Morgan fingerprint density at radius 2 is 2.38 bits per heavy atom. The number of rotatable bonds is 3. The first-order valence-electron chi connectivity index (χ1n) is 7.19. The molecule has 3 unspecified atom stereocenters. The predicted octanol–water partition coefficient (Wildman–Crippen LogP) is 2.44. The summed E-state index contributed by atoms with van der Waals surface area (Å²) in [4.78, 5) is 0.749. The highest BCUT2D eigenvalue weighted by molar-refractivity contribution is 7.99. The van der Waals surface area contributed by atoms with E-state index in [0.717, 1.165) is 35.7 Å². The summed E-state index contributed by atoms with van der Waals surface area (Å²) in [6.07, 6.45) is 2.79. The standard InChI is InChI=1S/C15H21NO3S2/c1-18-13-8-11(16)2-3-14(13)21(17)12-4-6-19-15(9-12)5-7-20-10-15/h2-3,8,12H,4-7,9-10,16H2,1H3. The molecule has 1 aromatic rings. The largest absolute Gasteiger partial charge is 0.495 e. The molecular weight excluding hydrogens is 306 g/mol. The van der Waals surface area contributed by atoms with Crippen molar-refractivity contribution in [3.8, 4) is 5.75 Å². The van der Waals surface area contributed by atoms with Crippen molar-refractivity contribution >= 4 is 28.2 Å². The quantitative estimate of drug-likeness (QED) is 0.864. The van der Waals surface area contributed by atoms with Crippen LogP contribution in [0, 0.1) is 0 Å². The van der Waals surface area contributed by atoms with Crippen molar-refractivity contribution in [2.45, 2.75) is 35.0 Å². The minimum absolute atomic E-state index is 0.0513. The van der Waals surface area contributed by atoms with E-state index in [1.54, 1.807) is 19.2 Å². The van der Waals surface area contributed by atoms with Gasteiger partial charge in [-0.3, -0.25) is 4.21 Å². The fourth-order valence-corrected chi connectivity index (χ4v) is 6.10. The lowest BCUT2D eigenvalue weighted by Crippen LogP contribution is -2.43. The van der Waals surface area contributed by atoms with E-state index in [4.69, 9.17) is 15.2 Å². The van der Waals surface area contributed by atoms with Crippen molar-refractivity contribution in [1.29, 1.82) is 0 Å². The van der Waals surface area contributed by atoms with Gasteiger partial charge in [0.2, 0.25) is 0 Å². The van der Waals surface area contributed by atoms with Gasteiger partial charge >= 0.3 is 0 Å². The van der Waals surface area contributed by atoms with Crippen LogP contribution >= 0.6 is 11.8 Å². The summed E-state index contributed by atoms with van der Waals surface area (Å²) < 4.78 is 24.3. The van der Waals surface area contributed by atoms with Gasteiger partial charge < -0.3 is 15.2 Å². The second-order valence-corrected chi connectivity index (χ2v) is 8.46. The molecule has 6 heteroatoms. The summed E-state index contributed by atoms with van der Waals surface area (Å²) in [7, 11) is 0.510. The van der Waals surface area contributed by atoms with Crippen molar-refractivity contribution in [3.63, 3.8) is 0 Å². The molecule has 4 nitrogen and oxygen atoms in total. The Morgan fingerprint density at radius 1 is 1.52 bits per heavy atom. The first-order chi connectivity index (χ1) is 10.1. The summed E-state index contributed by atoms with van der Waals surface area (Å²) >= 11 is 1.93. The highest BCUT2D eigenvalue weighted by Gasteiger charge is 2.42. The van der Waals surface area contributed by atoms with Crippen molar-refractivity contribution in [3.05, 3.63) is 18.2 Å². The zero-order valence-corrected chi connectivity index (χ0v) is 13.8. The molecule has 21 heavy (non-hydrogen) atoms. The van der Waals surface area contributed by atoms with Crippen LogP contribution in [0.1, 0.15) is 19.3 Å². The number of nitrogen functional groups attached to an aromatic ring is 1. The Labute approximate surface area is 132 Å². The molecule has 2 N–H and O–H groups in total. The summed E-state index contributed by atoms with van der Waals surface area (Å²) in [6.45, 7) is 0.703. The zero-order chi connectivity index (χ0) is 14.9. The molecule has 0 bridgehead atoms. The van der Waals surface area contributed by atoms with Gasteiger partial charge in [0, 0.05) is 29.4 Å². The smallest absolute Gasteiger partial charge is 0.137 e. The molecule has 2 fully saturated rings. The second kappa shape index (κ2) is 6.18. The van der Waals surface area contributed by atoms with E-state index < -0.39 is 10.8 Å². The van der Waals surface area contributed by atoms with Crippen LogP contribution in [0.5, 0.6) is 5.75 Å². The normalized spacial score (nSPS) is 30.4. The molecule has 2 aliphatic rings. The minimum atomic E-state index is -1.08. The van der Waals surface area contributed by atoms with Crippen LogP contribution in [0.3, 0.4) is 0 Å². The lowest BCUT2D eigenvalue weighted by Gasteiger charge is -2.37. The van der Waals surface area contributed by atoms with Gasteiger partial charge in [-0.2, -0.15) is 11.8 Å². The molecule has 1 aromatic carbocycles. The number of ether oxygens (including phenoxy) is 2. The van der Waals surface area contributed by atoms with Gasteiger partial charge in [0.15, 0.2) is 0 Å². The first kappa shape index (κ1) is 15.2. The highest BCUT2D eigenvalue weighted by Crippen LogP contribution is 2.41. The summed E-state index contributed by atoms with van der Waals surface area (Å²) in [5.41, 5.74) is 6.35. The molecule has 0 aliphatic carbocycles. The van der Waals surface area contributed by atoms with Gasteiger partial charge in [0.25, 0.3) is 0 Å². The monoisotopic (exact) mass is 327 g/mol.